The quantitative estimate of drug-likeness (QED) is 0.726. The zero-order valence-electron chi connectivity index (χ0n) is 11.2. The molecule has 6 heteroatoms. The Labute approximate surface area is 108 Å². The summed E-state index contributed by atoms with van der Waals surface area (Å²) in [5, 5.41) is 17.5. The second-order valence-corrected chi connectivity index (χ2v) is 4.76. The minimum Gasteiger partial charge on any atom is -0.395 e. The van der Waals surface area contributed by atoms with Crippen LogP contribution in [0.25, 0.3) is 0 Å². The predicted octanol–water partition coefficient (Wildman–Crippen LogP) is 0.362. The van der Waals surface area contributed by atoms with E-state index in [1.54, 1.807) is 7.11 Å². The Kier molecular flexibility index (Phi) is 4.68. The van der Waals surface area contributed by atoms with Crippen LogP contribution in [-0.2, 0) is 11.3 Å². The van der Waals surface area contributed by atoms with E-state index in [0.717, 1.165) is 24.7 Å². The average Bonchev–Trinajstić information content (AvgIpc) is 3.12. The molecule has 0 aromatic carbocycles. The van der Waals surface area contributed by atoms with E-state index in [1.807, 2.05) is 6.92 Å². The first kappa shape index (κ1) is 13.5. The standard InChI is InChI=1S/C12H22N4O2/c1-10-13-14-12(16(10)11-3-4-11)9-15(5-7-17)6-8-18-2/h11,17H,3-9H2,1-2H3. The zero-order valence-corrected chi connectivity index (χ0v) is 11.2. The van der Waals surface area contributed by atoms with Crippen molar-refractivity contribution in [2.24, 2.45) is 0 Å². The zero-order chi connectivity index (χ0) is 13.0. The van der Waals surface area contributed by atoms with Crippen LogP contribution in [0.5, 0.6) is 0 Å². The molecule has 0 radical (unpaired) electrons. The molecule has 0 aliphatic heterocycles. The summed E-state index contributed by atoms with van der Waals surface area (Å²) in [6.07, 6.45) is 2.45. The number of ether oxygens (including phenoxy) is 1. The van der Waals surface area contributed by atoms with E-state index in [4.69, 9.17) is 9.84 Å². The first-order valence-corrected chi connectivity index (χ1v) is 6.48. The number of rotatable bonds is 8. The molecule has 1 aromatic rings. The second kappa shape index (κ2) is 6.26. The van der Waals surface area contributed by atoms with Gasteiger partial charge in [-0.15, -0.1) is 10.2 Å². The van der Waals surface area contributed by atoms with Crippen molar-refractivity contribution in [3.05, 3.63) is 11.6 Å². The van der Waals surface area contributed by atoms with Crippen molar-refractivity contribution >= 4 is 0 Å². The van der Waals surface area contributed by atoms with Crippen LogP contribution in [0, 0.1) is 6.92 Å². The van der Waals surface area contributed by atoms with E-state index in [0.29, 0.717) is 19.2 Å². The highest BCUT2D eigenvalue weighted by Gasteiger charge is 2.28. The van der Waals surface area contributed by atoms with Gasteiger partial charge in [0.05, 0.1) is 19.8 Å². The van der Waals surface area contributed by atoms with Gasteiger partial charge in [-0.2, -0.15) is 0 Å². The van der Waals surface area contributed by atoms with Crippen LogP contribution in [0.15, 0.2) is 0 Å². The molecule has 0 bridgehead atoms. The normalized spacial score (nSPS) is 15.6. The number of nitrogens with zero attached hydrogens (tertiary/aromatic N) is 4. The summed E-state index contributed by atoms with van der Waals surface area (Å²) in [6.45, 7) is 4.98. The van der Waals surface area contributed by atoms with Crippen LogP contribution in [-0.4, -0.2) is 58.2 Å². The first-order valence-electron chi connectivity index (χ1n) is 6.48. The molecule has 102 valence electrons. The second-order valence-electron chi connectivity index (χ2n) is 4.76. The fourth-order valence-electron chi connectivity index (χ4n) is 2.16. The van der Waals surface area contributed by atoms with Crippen LogP contribution in [0.2, 0.25) is 0 Å². The molecule has 1 saturated carbocycles. The fourth-order valence-corrected chi connectivity index (χ4v) is 2.16. The molecule has 1 N–H and O–H groups in total. The van der Waals surface area contributed by atoms with Crippen molar-refractivity contribution in [3.63, 3.8) is 0 Å². The summed E-state index contributed by atoms with van der Waals surface area (Å²) in [7, 11) is 1.69. The molecule has 1 aromatic heterocycles. The number of methoxy groups -OCH3 is 1. The lowest BCUT2D eigenvalue weighted by atomic mass is 10.4. The lowest BCUT2D eigenvalue weighted by Crippen LogP contribution is -2.31. The van der Waals surface area contributed by atoms with Gasteiger partial charge in [0.1, 0.15) is 11.6 Å². The van der Waals surface area contributed by atoms with Crippen LogP contribution in [0.4, 0.5) is 0 Å². The highest BCUT2D eigenvalue weighted by Crippen LogP contribution is 2.36. The van der Waals surface area contributed by atoms with Gasteiger partial charge in [0.15, 0.2) is 0 Å². The Hall–Kier alpha value is -0.980. The predicted molar refractivity (Wildman–Crippen MR) is 67.3 cm³/mol. The maximum absolute atomic E-state index is 9.08. The molecule has 1 heterocycles. The van der Waals surface area contributed by atoms with E-state index < -0.39 is 0 Å². The smallest absolute Gasteiger partial charge is 0.147 e. The van der Waals surface area contributed by atoms with E-state index >= 15 is 0 Å². The van der Waals surface area contributed by atoms with Crippen LogP contribution < -0.4 is 0 Å². The van der Waals surface area contributed by atoms with Gasteiger partial charge in [0.25, 0.3) is 0 Å². The molecule has 6 nitrogen and oxygen atoms in total. The van der Waals surface area contributed by atoms with Gasteiger partial charge >= 0.3 is 0 Å². The molecule has 0 amide bonds. The largest absolute Gasteiger partial charge is 0.395 e. The Bertz CT molecular complexity index is 376. The van der Waals surface area contributed by atoms with Crippen molar-refractivity contribution in [1.82, 2.24) is 19.7 Å². The molecule has 1 aliphatic rings. The van der Waals surface area contributed by atoms with Gasteiger partial charge in [-0.25, -0.2) is 0 Å². The average molecular weight is 254 g/mol. The number of hydrogen-bond donors (Lipinski definition) is 1. The van der Waals surface area contributed by atoms with Crippen molar-refractivity contribution < 1.29 is 9.84 Å². The third kappa shape index (κ3) is 3.28. The highest BCUT2D eigenvalue weighted by molar-refractivity contribution is 5.01. The summed E-state index contributed by atoms with van der Waals surface area (Å²) in [5.74, 6) is 1.99. The Morgan fingerprint density at radius 3 is 2.78 bits per heavy atom. The topological polar surface area (TPSA) is 63.4 Å². The number of aromatic nitrogens is 3. The highest BCUT2D eigenvalue weighted by atomic mass is 16.5. The van der Waals surface area contributed by atoms with E-state index in [1.165, 1.54) is 12.8 Å². The van der Waals surface area contributed by atoms with Crippen LogP contribution in [0.3, 0.4) is 0 Å². The van der Waals surface area contributed by atoms with Gasteiger partial charge in [0, 0.05) is 26.2 Å². The summed E-state index contributed by atoms with van der Waals surface area (Å²) in [5.41, 5.74) is 0. The van der Waals surface area contributed by atoms with Gasteiger partial charge in [-0.1, -0.05) is 0 Å². The fraction of sp³-hybridized carbons (Fsp3) is 0.833. The summed E-state index contributed by atoms with van der Waals surface area (Å²) < 4.78 is 7.32. The number of hydrogen-bond acceptors (Lipinski definition) is 5. The molecule has 18 heavy (non-hydrogen) atoms. The monoisotopic (exact) mass is 254 g/mol. The molecular formula is C12H22N4O2. The van der Waals surface area contributed by atoms with E-state index in [9.17, 15) is 0 Å². The van der Waals surface area contributed by atoms with Gasteiger partial charge < -0.3 is 14.4 Å². The number of aliphatic hydroxyl groups excluding tert-OH is 1. The van der Waals surface area contributed by atoms with Gasteiger partial charge in [-0.05, 0) is 19.8 Å². The summed E-state index contributed by atoms with van der Waals surface area (Å²) in [6, 6.07) is 0.591. The molecular weight excluding hydrogens is 232 g/mol. The van der Waals surface area contributed by atoms with Crippen LogP contribution >= 0.6 is 0 Å². The maximum Gasteiger partial charge on any atom is 0.147 e. The molecule has 2 rings (SSSR count). The Balaban J connectivity index is 2.01. The van der Waals surface area contributed by atoms with Crippen molar-refractivity contribution in [1.29, 1.82) is 0 Å². The summed E-state index contributed by atoms with van der Waals surface area (Å²) in [4.78, 5) is 2.14. The lowest BCUT2D eigenvalue weighted by Gasteiger charge is -2.20. The number of aliphatic hydroxyl groups is 1. The van der Waals surface area contributed by atoms with E-state index in [-0.39, 0.29) is 6.61 Å². The van der Waals surface area contributed by atoms with Crippen molar-refractivity contribution in [2.75, 3.05) is 33.4 Å². The number of aryl methyl sites for hydroxylation is 1. The SMILES string of the molecule is COCCN(CCO)Cc1nnc(C)n1C1CC1. The first-order chi connectivity index (χ1) is 8.76. The molecule has 0 unspecified atom stereocenters. The Morgan fingerprint density at radius 2 is 2.17 bits per heavy atom. The maximum atomic E-state index is 9.08. The molecule has 1 aliphatic carbocycles. The van der Waals surface area contributed by atoms with E-state index in [2.05, 4.69) is 19.7 Å². The molecule has 0 atom stereocenters. The third-order valence-electron chi connectivity index (χ3n) is 3.24. The Morgan fingerprint density at radius 1 is 1.39 bits per heavy atom. The molecule has 0 saturated heterocycles. The minimum atomic E-state index is 0.153. The van der Waals surface area contributed by atoms with Crippen molar-refractivity contribution in [3.8, 4) is 0 Å². The minimum absolute atomic E-state index is 0.153. The molecule has 1 fully saturated rings. The third-order valence-corrected chi connectivity index (χ3v) is 3.24. The lowest BCUT2D eigenvalue weighted by molar-refractivity contribution is 0.124. The van der Waals surface area contributed by atoms with Crippen LogP contribution in [0.1, 0.15) is 30.5 Å². The van der Waals surface area contributed by atoms with Gasteiger partial charge in [-0.3, -0.25) is 4.90 Å². The van der Waals surface area contributed by atoms with Crippen molar-refractivity contribution in [2.45, 2.75) is 32.4 Å². The summed E-state index contributed by atoms with van der Waals surface area (Å²) >= 11 is 0. The van der Waals surface area contributed by atoms with Gasteiger partial charge in [0.2, 0.25) is 0 Å². The molecule has 0 spiro atoms.